The molecule has 9 unspecified atom stereocenters. The van der Waals surface area contributed by atoms with E-state index in [9.17, 15) is 40.5 Å². The van der Waals surface area contributed by atoms with Crippen LogP contribution < -0.4 is 5.32 Å². The molecule has 0 aliphatic carbocycles. The van der Waals surface area contributed by atoms with E-state index >= 15 is 0 Å². The fourth-order valence-corrected chi connectivity index (χ4v) is 6.79. The molecule has 11 nitrogen and oxygen atoms in total. The third-order valence-corrected chi connectivity index (χ3v) is 10.5. The topological polar surface area (TPSA) is 189 Å². The number of allylic oxidation sites excluding steroid dienone is 4. The van der Waals surface area contributed by atoms with Gasteiger partial charge in [0.05, 0.1) is 25.4 Å². The standard InChI is InChI=1S/C43H81NO10/c1-3-5-7-9-11-13-15-16-17-18-19-21-22-24-26-28-30-35(46)38(48)34(33-53-43-41(51)40(50)39(49)37(32-45)54-43)44-42(52)36(47)31-29-27-25-23-20-14-12-10-8-6-4-2/h12,14,22,24,34-41,43,45-51H,3-11,13,15-21,23,25-33H2,1-2H3,(H,44,52)/b14-12-,24-22+. The predicted molar refractivity (Wildman–Crippen MR) is 215 cm³/mol. The zero-order valence-corrected chi connectivity index (χ0v) is 34.0. The molecule has 9 atom stereocenters. The van der Waals surface area contributed by atoms with Crippen molar-refractivity contribution in [1.29, 1.82) is 0 Å². The Balaban J connectivity index is 2.53. The van der Waals surface area contributed by atoms with Gasteiger partial charge in [-0.25, -0.2) is 0 Å². The molecular weight excluding hydrogens is 690 g/mol. The number of carbonyl (C=O) groups excluding carboxylic acids is 1. The Morgan fingerprint density at radius 2 is 1.09 bits per heavy atom. The monoisotopic (exact) mass is 772 g/mol. The van der Waals surface area contributed by atoms with E-state index in [1.54, 1.807) is 0 Å². The molecule has 0 aromatic carbocycles. The molecule has 1 saturated heterocycles. The summed E-state index contributed by atoms with van der Waals surface area (Å²) in [6.07, 6.45) is 23.8. The predicted octanol–water partition coefficient (Wildman–Crippen LogP) is 6.28. The van der Waals surface area contributed by atoms with Crippen LogP contribution >= 0.6 is 0 Å². The van der Waals surface area contributed by atoms with Crippen molar-refractivity contribution in [3.05, 3.63) is 24.3 Å². The lowest BCUT2D eigenvalue weighted by Gasteiger charge is -2.40. The molecule has 0 aromatic rings. The number of ether oxygens (including phenoxy) is 2. The summed E-state index contributed by atoms with van der Waals surface area (Å²) in [6.45, 7) is 3.37. The van der Waals surface area contributed by atoms with E-state index in [4.69, 9.17) is 9.47 Å². The van der Waals surface area contributed by atoms with Crippen molar-refractivity contribution in [3.8, 4) is 0 Å². The van der Waals surface area contributed by atoms with E-state index in [0.29, 0.717) is 12.8 Å². The van der Waals surface area contributed by atoms with Gasteiger partial charge in [-0.1, -0.05) is 134 Å². The average molecular weight is 772 g/mol. The van der Waals surface area contributed by atoms with Gasteiger partial charge in [-0.05, 0) is 64.2 Å². The first-order valence-electron chi connectivity index (χ1n) is 21.7. The number of rotatable bonds is 35. The number of amides is 1. The van der Waals surface area contributed by atoms with Crippen molar-refractivity contribution in [3.63, 3.8) is 0 Å². The highest BCUT2D eigenvalue weighted by molar-refractivity contribution is 5.80. The zero-order valence-electron chi connectivity index (χ0n) is 34.0. The molecule has 1 fully saturated rings. The van der Waals surface area contributed by atoms with Gasteiger partial charge < -0.3 is 50.5 Å². The van der Waals surface area contributed by atoms with Crippen molar-refractivity contribution >= 4 is 5.91 Å². The van der Waals surface area contributed by atoms with Gasteiger partial charge in [0.25, 0.3) is 0 Å². The zero-order chi connectivity index (χ0) is 39.8. The van der Waals surface area contributed by atoms with Crippen LogP contribution in [-0.4, -0.2) is 110 Å². The molecule has 11 heteroatoms. The van der Waals surface area contributed by atoms with Gasteiger partial charge in [0.15, 0.2) is 6.29 Å². The summed E-state index contributed by atoms with van der Waals surface area (Å²) in [5.74, 6) is -0.719. The molecule has 1 rings (SSSR count). The molecule has 0 aromatic heterocycles. The maximum absolute atomic E-state index is 13.0. The van der Waals surface area contributed by atoms with Gasteiger partial charge in [0.2, 0.25) is 5.91 Å². The second kappa shape index (κ2) is 33.7. The van der Waals surface area contributed by atoms with Crippen LogP contribution in [0.4, 0.5) is 0 Å². The molecular formula is C43H81NO10. The number of aliphatic hydroxyl groups excluding tert-OH is 7. The van der Waals surface area contributed by atoms with Crippen molar-refractivity contribution < 1.29 is 50.0 Å². The molecule has 1 amide bonds. The number of nitrogens with one attached hydrogen (secondary N) is 1. The van der Waals surface area contributed by atoms with Crippen LogP contribution in [0.3, 0.4) is 0 Å². The smallest absolute Gasteiger partial charge is 0.249 e. The molecule has 8 N–H and O–H groups in total. The largest absolute Gasteiger partial charge is 0.394 e. The van der Waals surface area contributed by atoms with Crippen LogP contribution in [0, 0.1) is 0 Å². The number of carbonyl (C=O) groups is 1. The molecule has 318 valence electrons. The third kappa shape index (κ3) is 23.6. The first-order chi connectivity index (χ1) is 26.2. The Morgan fingerprint density at radius 3 is 1.63 bits per heavy atom. The van der Waals surface area contributed by atoms with Gasteiger partial charge in [-0.2, -0.15) is 0 Å². The minimum atomic E-state index is -1.67. The minimum Gasteiger partial charge on any atom is -0.394 e. The summed E-state index contributed by atoms with van der Waals surface area (Å²) in [5.41, 5.74) is 0. The highest BCUT2D eigenvalue weighted by Crippen LogP contribution is 2.23. The maximum atomic E-state index is 13.0. The van der Waals surface area contributed by atoms with E-state index < -0.39 is 74.2 Å². The second-order valence-electron chi connectivity index (χ2n) is 15.4. The van der Waals surface area contributed by atoms with E-state index in [0.717, 1.165) is 51.4 Å². The van der Waals surface area contributed by atoms with Crippen LogP contribution in [-0.2, 0) is 14.3 Å². The third-order valence-electron chi connectivity index (χ3n) is 10.5. The number of aliphatic hydroxyl groups is 7. The highest BCUT2D eigenvalue weighted by atomic mass is 16.7. The van der Waals surface area contributed by atoms with Crippen LogP contribution in [0.5, 0.6) is 0 Å². The van der Waals surface area contributed by atoms with Crippen LogP contribution in [0.25, 0.3) is 0 Å². The molecule has 1 aliphatic rings. The summed E-state index contributed by atoms with van der Waals surface area (Å²) in [5, 5.41) is 75.4. The van der Waals surface area contributed by atoms with Gasteiger partial charge in [0, 0.05) is 0 Å². The van der Waals surface area contributed by atoms with Crippen molar-refractivity contribution in [2.45, 2.75) is 229 Å². The normalized spacial score (nSPS) is 22.9. The van der Waals surface area contributed by atoms with Crippen LogP contribution in [0.15, 0.2) is 24.3 Å². The molecule has 0 bridgehead atoms. The fraction of sp³-hybridized carbons (Fsp3) is 0.884. The Morgan fingerprint density at radius 1 is 0.630 bits per heavy atom. The van der Waals surface area contributed by atoms with Crippen molar-refractivity contribution in [2.24, 2.45) is 0 Å². The lowest BCUT2D eigenvalue weighted by molar-refractivity contribution is -0.303. The van der Waals surface area contributed by atoms with Gasteiger partial charge in [-0.15, -0.1) is 0 Å². The molecule has 0 radical (unpaired) electrons. The summed E-state index contributed by atoms with van der Waals surface area (Å²) in [6, 6.07) is -1.18. The van der Waals surface area contributed by atoms with Gasteiger partial charge in [0.1, 0.15) is 36.6 Å². The van der Waals surface area contributed by atoms with Crippen LogP contribution in [0.1, 0.15) is 174 Å². The Hall–Kier alpha value is -1.41. The Kier molecular flexibility index (Phi) is 31.6. The van der Waals surface area contributed by atoms with Gasteiger partial charge >= 0.3 is 0 Å². The molecule has 1 heterocycles. The summed E-state index contributed by atoms with van der Waals surface area (Å²) >= 11 is 0. The Bertz CT molecular complexity index is 934. The fourth-order valence-electron chi connectivity index (χ4n) is 6.79. The number of hydrogen-bond acceptors (Lipinski definition) is 10. The number of hydrogen-bond donors (Lipinski definition) is 8. The first kappa shape index (κ1) is 50.6. The molecule has 1 aliphatic heterocycles. The number of unbranched alkanes of at least 4 members (excludes halogenated alkanes) is 19. The van der Waals surface area contributed by atoms with Crippen LogP contribution in [0.2, 0.25) is 0 Å². The summed E-state index contributed by atoms with van der Waals surface area (Å²) in [7, 11) is 0. The van der Waals surface area contributed by atoms with E-state index in [1.165, 1.54) is 83.5 Å². The molecule has 54 heavy (non-hydrogen) atoms. The second-order valence-corrected chi connectivity index (χ2v) is 15.4. The lowest BCUT2D eigenvalue weighted by atomic mass is 9.98. The summed E-state index contributed by atoms with van der Waals surface area (Å²) < 4.78 is 11.0. The average Bonchev–Trinajstić information content (AvgIpc) is 3.17. The SMILES string of the molecule is CCCCC/C=C\CCCCCCC(O)C(=O)NC(COC1OC(CO)C(O)C(O)C1O)C(O)C(O)CCC/C=C/CCCCCCCCCCCCC. The Labute approximate surface area is 327 Å². The molecule has 0 saturated carbocycles. The van der Waals surface area contributed by atoms with Gasteiger partial charge in [-0.3, -0.25) is 4.79 Å². The first-order valence-corrected chi connectivity index (χ1v) is 21.7. The van der Waals surface area contributed by atoms with Crippen molar-refractivity contribution in [1.82, 2.24) is 5.32 Å². The summed E-state index contributed by atoms with van der Waals surface area (Å²) in [4.78, 5) is 13.0. The van der Waals surface area contributed by atoms with E-state index in [2.05, 4.69) is 43.5 Å². The minimum absolute atomic E-state index is 0.239. The lowest BCUT2D eigenvalue weighted by Crippen LogP contribution is -2.60. The highest BCUT2D eigenvalue weighted by Gasteiger charge is 2.44. The quantitative estimate of drug-likeness (QED) is 0.0269. The maximum Gasteiger partial charge on any atom is 0.249 e. The molecule has 0 spiro atoms. The van der Waals surface area contributed by atoms with Crippen molar-refractivity contribution in [2.75, 3.05) is 13.2 Å². The van der Waals surface area contributed by atoms with E-state index in [-0.39, 0.29) is 12.8 Å². The van der Waals surface area contributed by atoms with E-state index in [1.807, 2.05) is 0 Å².